The minimum absolute atomic E-state index is 0.00550. The van der Waals surface area contributed by atoms with Crippen molar-refractivity contribution < 1.29 is 34.0 Å². The van der Waals surface area contributed by atoms with Crippen molar-refractivity contribution in [3.8, 4) is 40.0 Å². The maximum absolute atomic E-state index is 12.3. The molecule has 0 atom stereocenters. The number of methoxy groups -OCH3 is 2. The van der Waals surface area contributed by atoms with Gasteiger partial charge in [-0.15, -0.1) is 0 Å². The first-order valence-electron chi connectivity index (χ1n) is 11.3. The van der Waals surface area contributed by atoms with E-state index in [1.165, 1.54) is 20.3 Å². The molecule has 1 aromatic heterocycles. The topological polar surface area (TPSA) is 112 Å². The number of hydrogen-bond donors (Lipinski definition) is 2. The molecule has 0 bridgehead atoms. The number of carboxylic acids is 1. The molecule has 1 aliphatic heterocycles. The lowest BCUT2D eigenvalue weighted by molar-refractivity contribution is -0.132. The molecule has 0 unspecified atom stereocenters. The Kier molecular flexibility index (Phi) is 7.14. The lowest BCUT2D eigenvalue weighted by atomic mass is 9.99. The number of carboxylic acid groups (broad SMARTS) is 1. The molecule has 0 saturated heterocycles. The number of ether oxygens (including phenoxy) is 4. The first kappa shape index (κ1) is 24.0. The smallest absolute Gasteiger partial charge is 0.331 e. The van der Waals surface area contributed by atoms with Crippen molar-refractivity contribution in [2.24, 2.45) is 0 Å². The van der Waals surface area contributed by atoms with Crippen molar-refractivity contribution in [1.82, 2.24) is 9.78 Å². The van der Waals surface area contributed by atoms with Crippen molar-refractivity contribution in [1.29, 1.82) is 0 Å². The van der Waals surface area contributed by atoms with Gasteiger partial charge < -0.3 is 29.2 Å². The summed E-state index contributed by atoms with van der Waals surface area (Å²) in [6, 6.07) is 8.37. The van der Waals surface area contributed by atoms with Gasteiger partial charge >= 0.3 is 5.97 Å². The van der Waals surface area contributed by atoms with Crippen LogP contribution < -0.4 is 18.9 Å². The van der Waals surface area contributed by atoms with Gasteiger partial charge in [0.15, 0.2) is 11.5 Å². The molecule has 0 aliphatic carbocycles. The molecule has 9 nitrogen and oxygen atoms in total. The Morgan fingerprint density at radius 3 is 2.60 bits per heavy atom. The standard InChI is InChI=1S/C26H28N2O7/c1-4-5-8-28-14-18(25(27-28)20-7-6-19(32-2)12-21(20)29)10-17(26(30)31)9-16-11-23-24(35-15-34-23)13-22(16)33-3/h6-7,10-14,29H,4-5,8-9,15H2,1-3H3,(H,30,31)/b17-10+. The van der Waals surface area contributed by atoms with Gasteiger partial charge in [0.05, 0.1) is 14.2 Å². The minimum atomic E-state index is -1.07. The molecule has 0 fully saturated rings. The number of phenolic OH excluding ortho intramolecular Hbond substituents is 1. The second kappa shape index (κ2) is 10.4. The van der Waals surface area contributed by atoms with E-state index in [2.05, 4.69) is 12.0 Å². The first-order valence-corrected chi connectivity index (χ1v) is 11.3. The molecule has 4 rings (SSSR count). The second-order valence-corrected chi connectivity index (χ2v) is 8.10. The predicted molar refractivity (Wildman–Crippen MR) is 129 cm³/mol. The van der Waals surface area contributed by atoms with Crippen LogP contribution in [0.2, 0.25) is 0 Å². The zero-order valence-corrected chi connectivity index (χ0v) is 19.9. The van der Waals surface area contributed by atoms with Gasteiger partial charge in [-0.25, -0.2) is 4.79 Å². The fraction of sp³-hybridized carbons (Fsp3) is 0.308. The molecular weight excluding hydrogens is 452 g/mol. The Bertz CT molecular complexity index is 1260. The number of fused-ring (bicyclic) bond motifs is 1. The van der Waals surface area contributed by atoms with E-state index in [9.17, 15) is 15.0 Å². The van der Waals surface area contributed by atoms with E-state index >= 15 is 0 Å². The summed E-state index contributed by atoms with van der Waals surface area (Å²) in [6.07, 6.45) is 5.37. The predicted octanol–water partition coefficient (Wildman–Crippen LogP) is 4.51. The van der Waals surface area contributed by atoms with Crippen molar-refractivity contribution in [3.05, 3.63) is 53.2 Å². The van der Waals surface area contributed by atoms with Crippen molar-refractivity contribution in [2.45, 2.75) is 32.7 Å². The number of hydrogen-bond acceptors (Lipinski definition) is 7. The van der Waals surface area contributed by atoms with E-state index in [4.69, 9.17) is 18.9 Å². The summed E-state index contributed by atoms with van der Waals surface area (Å²) in [5.41, 5.74) is 2.33. The molecular formula is C26H28N2O7. The molecule has 2 heterocycles. The van der Waals surface area contributed by atoms with E-state index < -0.39 is 5.97 Å². The van der Waals surface area contributed by atoms with Crippen molar-refractivity contribution in [3.63, 3.8) is 0 Å². The minimum Gasteiger partial charge on any atom is -0.507 e. The largest absolute Gasteiger partial charge is 0.507 e. The van der Waals surface area contributed by atoms with Crippen LogP contribution in [0.1, 0.15) is 30.9 Å². The summed E-state index contributed by atoms with van der Waals surface area (Å²) in [5.74, 6) is 1.04. The van der Waals surface area contributed by atoms with Gasteiger partial charge in [-0.2, -0.15) is 5.10 Å². The van der Waals surface area contributed by atoms with Crippen LogP contribution in [-0.2, 0) is 17.8 Å². The Labute approximate surface area is 203 Å². The van der Waals surface area contributed by atoms with Crippen LogP contribution in [0.4, 0.5) is 0 Å². The number of aromatic nitrogens is 2. The van der Waals surface area contributed by atoms with E-state index in [0.29, 0.717) is 51.9 Å². The normalized spacial score (nSPS) is 12.6. The number of carbonyl (C=O) groups is 1. The second-order valence-electron chi connectivity index (χ2n) is 8.10. The quantitative estimate of drug-likeness (QED) is 0.408. The molecule has 184 valence electrons. The van der Waals surface area contributed by atoms with Crippen LogP contribution in [0.15, 0.2) is 42.1 Å². The van der Waals surface area contributed by atoms with Gasteiger partial charge in [-0.3, -0.25) is 4.68 Å². The average molecular weight is 481 g/mol. The molecule has 3 aromatic rings. The lowest BCUT2D eigenvalue weighted by Crippen LogP contribution is -2.05. The Morgan fingerprint density at radius 2 is 1.94 bits per heavy atom. The van der Waals surface area contributed by atoms with Crippen LogP contribution >= 0.6 is 0 Å². The lowest BCUT2D eigenvalue weighted by Gasteiger charge is -2.11. The van der Waals surface area contributed by atoms with E-state index in [0.717, 1.165) is 12.8 Å². The number of unbranched alkanes of at least 4 members (excludes halogenated alkanes) is 1. The van der Waals surface area contributed by atoms with Gasteiger partial charge in [0, 0.05) is 53.6 Å². The number of aliphatic carboxylic acids is 1. The summed E-state index contributed by atoms with van der Waals surface area (Å²) in [4.78, 5) is 12.3. The maximum Gasteiger partial charge on any atom is 0.331 e. The van der Waals surface area contributed by atoms with E-state index in [1.807, 2.05) is 0 Å². The molecule has 0 spiro atoms. The number of rotatable bonds is 10. The van der Waals surface area contributed by atoms with Gasteiger partial charge in [-0.1, -0.05) is 13.3 Å². The van der Waals surface area contributed by atoms with Crippen molar-refractivity contribution >= 4 is 12.0 Å². The fourth-order valence-corrected chi connectivity index (χ4v) is 3.90. The highest BCUT2D eigenvalue weighted by molar-refractivity contribution is 5.94. The molecule has 35 heavy (non-hydrogen) atoms. The molecule has 0 saturated carbocycles. The highest BCUT2D eigenvalue weighted by atomic mass is 16.7. The number of phenols is 1. The van der Waals surface area contributed by atoms with Crippen LogP contribution in [-0.4, -0.2) is 47.0 Å². The molecule has 0 amide bonds. The summed E-state index contributed by atoms with van der Waals surface area (Å²) >= 11 is 0. The van der Waals surface area contributed by atoms with Crippen LogP contribution in [0, 0.1) is 0 Å². The SMILES string of the molecule is CCCCn1cc(/C=C(\Cc2cc3c(cc2OC)OCO3)C(=O)O)c(-c2ccc(OC)cc2O)n1. The van der Waals surface area contributed by atoms with E-state index in [1.54, 1.807) is 41.2 Å². The Hall–Kier alpha value is -4.14. The van der Waals surface area contributed by atoms with Crippen molar-refractivity contribution in [2.75, 3.05) is 21.0 Å². The monoisotopic (exact) mass is 480 g/mol. The van der Waals surface area contributed by atoms with Crippen LogP contribution in [0.3, 0.4) is 0 Å². The van der Waals surface area contributed by atoms with Gasteiger partial charge in [0.1, 0.15) is 22.9 Å². The average Bonchev–Trinajstić information content (AvgIpc) is 3.47. The summed E-state index contributed by atoms with van der Waals surface area (Å²) in [6.45, 7) is 2.86. The highest BCUT2D eigenvalue weighted by Gasteiger charge is 2.21. The summed E-state index contributed by atoms with van der Waals surface area (Å²) in [7, 11) is 3.04. The summed E-state index contributed by atoms with van der Waals surface area (Å²) in [5, 5.41) is 25.3. The molecule has 2 N–H and O–H groups in total. The third-order valence-corrected chi connectivity index (χ3v) is 5.75. The first-order chi connectivity index (χ1) is 16.9. The third-order valence-electron chi connectivity index (χ3n) is 5.75. The Morgan fingerprint density at radius 1 is 1.17 bits per heavy atom. The number of benzene rings is 2. The molecule has 2 aromatic carbocycles. The number of nitrogens with zero attached hydrogens (tertiary/aromatic N) is 2. The van der Waals surface area contributed by atoms with Crippen LogP contribution in [0.25, 0.3) is 17.3 Å². The molecule has 1 aliphatic rings. The number of aromatic hydroxyl groups is 1. The van der Waals surface area contributed by atoms with E-state index in [-0.39, 0.29) is 24.5 Å². The zero-order chi connectivity index (χ0) is 24.9. The summed E-state index contributed by atoms with van der Waals surface area (Å²) < 4.78 is 23.3. The Balaban J connectivity index is 1.77. The third kappa shape index (κ3) is 5.18. The van der Waals surface area contributed by atoms with Gasteiger partial charge in [-0.05, 0) is 30.7 Å². The van der Waals surface area contributed by atoms with Gasteiger partial charge in [0.25, 0.3) is 0 Å². The zero-order valence-electron chi connectivity index (χ0n) is 19.9. The molecule has 9 heteroatoms. The highest BCUT2D eigenvalue weighted by Crippen LogP contribution is 2.39. The molecule has 0 radical (unpaired) electrons. The van der Waals surface area contributed by atoms with Crippen LogP contribution in [0.5, 0.6) is 28.7 Å². The van der Waals surface area contributed by atoms with Gasteiger partial charge in [0.2, 0.25) is 6.79 Å². The maximum atomic E-state index is 12.3. The fourth-order valence-electron chi connectivity index (χ4n) is 3.90. The number of aryl methyl sites for hydroxylation is 1.